The van der Waals surface area contributed by atoms with Crippen molar-refractivity contribution >= 4 is 0 Å². The molecule has 1 fully saturated rings. The second-order valence-electron chi connectivity index (χ2n) is 3.77. The van der Waals surface area contributed by atoms with Crippen molar-refractivity contribution in [2.45, 2.75) is 25.9 Å². The van der Waals surface area contributed by atoms with Gasteiger partial charge in [0.2, 0.25) is 0 Å². The van der Waals surface area contributed by atoms with Crippen LogP contribution >= 0.6 is 0 Å². The van der Waals surface area contributed by atoms with Crippen LogP contribution in [0.25, 0.3) is 0 Å². The summed E-state index contributed by atoms with van der Waals surface area (Å²) in [5, 5.41) is 3.35. The highest BCUT2D eigenvalue weighted by molar-refractivity contribution is 4.70. The number of ether oxygens (including phenoxy) is 2. The molecule has 1 aliphatic rings. The van der Waals surface area contributed by atoms with Crippen LogP contribution in [0.3, 0.4) is 0 Å². The van der Waals surface area contributed by atoms with Gasteiger partial charge in [-0.3, -0.25) is 0 Å². The van der Waals surface area contributed by atoms with E-state index in [0.717, 1.165) is 19.1 Å². The molecule has 0 aromatic rings. The molecular formula is C10H21NO2. The molecule has 13 heavy (non-hydrogen) atoms. The Hall–Kier alpha value is -0.120. The van der Waals surface area contributed by atoms with Crippen LogP contribution in [0.2, 0.25) is 0 Å². The van der Waals surface area contributed by atoms with Gasteiger partial charge in [-0.1, -0.05) is 0 Å². The largest absolute Gasteiger partial charge is 0.379 e. The fourth-order valence-corrected chi connectivity index (χ4v) is 1.53. The van der Waals surface area contributed by atoms with Crippen LogP contribution in [0.1, 0.15) is 19.8 Å². The van der Waals surface area contributed by atoms with Crippen molar-refractivity contribution in [3.63, 3.8) is 0 Å². The van der Waals surface area contributed by atoms with Gasteiger partial charge in [0, 0.05) is 13.7 Å². The summed E-state index contributed by atoms with van der Waals surface area (Å²) in [7, 11) is 1.72. The quantitative estimate of drug-likeness (QED) is 0.630. The highest BCUT2D eigenvalue weighted by atomic mass is 16.5. The molecule has 0 aromatic carbocycles. The lowest BCUT2D eigenvalue weighted by Crippen LogP contribution is -2.16. The maximum Gasteiger partial charge on any atom is 0.0776 e. The van der Waals surface area contributed by atoms with Gasteiger partial charge < -0.3 is 14.8 Å². The molecule has 0 bridgehead atoms. The van der Waals surface area contributed by atoms with E-state index in [1.165, 1.54) is 25.9 Å². The lowest BCUT2D eigenvalue weighted by atomic mass is 10.1. The Labute approximate surface area is 80.8 Å². The Morgan fingerprint density at radius 2 is 2.38 bits per heavy atom. The summed E-state index contributed by atoms with van der Waals surface area (Å²) in [5.74, 6) is 0.831. The summed E-state index contributed by atoms with van der Waals surface area (Å²) in [6, 6.07) is 0. The number of rotatable bonds is 6. The molecule has 0 spiro atoms. The third-order valence-electron chi connectivity index (χ3n) is 2.59. The fourth-order valence-electron chi connectivity index (χ4n) is 1.53. The zero-order valence-electron chi connectivity index (χ0n) is 8.71. The molecular weight excluding hydrogens is 166 g/mol. The Morgan fingerprint density at radius 3 is 3.00 bits per heavy atom. The molecule has 1 saturated heterocycles. The zero-order chi connectivity index (χ0) is 9.52. The minimum absolute atomic E-state index is 0.224. The smallest absolute Gasteiger partial charge is 0.0776 e. The van der Waals surface area contributed by atoms with Crippen LogP contribution in [0.4, 0.5) is 0 Å². The van der Waals surface area contributed by atoms with Crippen molar-refractivity contribution < 1.29 is 9.47 Å². The normalized spacial score (nSPS) is 24.9. The number of hydrogen-bond donors (Lipinski definition) is 1. The summed E-state index contributed by atoms with van der Waals surface area (Å²) in [5.41, 5.74) is 0. The monoisotopic (exact) mass is 187 g/mol. The third kappa shape index (κ3) is 4.60. The van der Waals surface area contributed by atoms with Crippen molar-refractivity contribution in [2.75, 3.05) is 33.4 Å². The Balaban J connectivity index is 1.88. The Kier molecular flexibility index (Phi) is 5.35. The number of methoxy groups -OCH3 is 1. The number of hydrogen-bond acceptors (Lipinski definition) is 3. The zero-order valence-corrected chi connectivity index (χ0v) is 8.71. The molecule has 3 nitrogen and oxygen atoms in total. The maximum atomic E-state index is 5.50. The van der Waals surface area contributed by atoms with E-state index >= 15 is 0 Å². The first-order valence-electron chi connectivity index (χ1n) is 5.14. The van der Waals surface area contributed by atoms with Gasteiger partial charge in [0.15, 0.2) is 0 Å². The molecule has 0 amide bonds. The van der Waals surface area contributed by atoms with E-state index in [1.807, 2.05) is 6.92 Å². The maximum absolute atomic E-state index is 5.50. The van der Waals surface area contributed by atoms with E-state index in [9.17, 15) is 0 Å². The second kappa shape index (κ2) is 6.35. The van der Waals surface area contributed by atoms with E-state index < -0.39 is 0 Å². The summed E-state index contributed by atoms with van der Waals surface area (Å²) in [6.45, 7) is 5.97. The molecule has 0 saturated carbocycles. The summed E-state index contributed by atoms with van der Waals surface area (Å²) in [6.07, 6.45) is 2.72. The predicted octanol–water partition coefficient (Wildman–Crippen LogP) is 1.04. The number of nitrogens with one attached hydrogen (secondary N) is 1. The topological polar surface area (TPSA) is 30.5 Å². The van der Waals surface area contributed by atoms with Gasteiger partial charge in [-0.05, 0) is 38.8 Å². The van der Waals surface area contributed by atoms with Crippen LogP contribution in [0.15, 0.2) is 0 Å². The van der Waals surface area contributed by atoms with Crippen molar-refractivity contribution in [2.24, 2.45) is 5.92 Å². The summed E-state index contributed by atoms with van der Waals surface area (Å²) < 4.78 is 10.6. The molecule has 0 aromatic heterocycles. The van der Waals surface area contributed by atoms with E-state index in [2.05, 4.69) is 5.32 Å². The highest BCUT2D eigenvalue weighted by Crippen LogP contribution is 2.11. The van der Waals surface area contributed by atoms with Crippen molar-refractivity contribution in [1.82, 2.24) is 5.32 Å². The predicted molar refractivity (Wildman–Crippen MR) is 52.9 cm³/mol. The molecule has 78 valence electrons. The molecule has 3 heteroatoms. The minimum atomic E-state index is 0.224. The van der Waals surface area contributed by atoms with Gasteiger partial charge in [0.05, 0.1) is 12.7 Å². The first-order valence-corrected chi connectivity index (χ1v) is 5.14. The van der Waals surface area contributed by atoms with E-state index in [1.54, 1.807) is 7.11 Å². The third-order valence-corrected chi connectivity index (χ3v) is 2.59. The highest BCUT2D eigenvalue weighted by Gasteiger charge is 2.13. The standard InChI is InChI=1S/C10H21NO2/c1-9(12-2)8-13-6-4-10-3-5-11-7-10/h9-11H,3-8H2,1-2H3. The van der Waals surface area contributed by atoms with Gasteiger partial charge in [-0.25, -0.2) is 0 Å². The average Bonchev–Trinajstić information content (AvgIpc) is 2.64. The molecule has 2 atom stereocenters. The SMILES string of the molecule is COC(C)COCCC1CCNC1. The van der Waals surface area contributed by atoms with Crippen LogP contribution < -0.4 is 5.32 Å². The van der Waals surface area contributed by atoms with Gasteiger partial charge in [0.1, 0.15) is 0 Å². The fraction of sp³-hybridized carbons (Fsp3) is 1.00. The molecule has 0 aliphatic carbocycles. The van der Waals surface area contributed by atoms with Crippen molar-refractivity contribution in [3.8, 4) is 0 Å². The molecule has 0 radical (unpaired) electrons. The lowest BCUT2D eigenvalue weighted by molar-refractivity contribution is 0.0150. The summed E-state index contributed by atoms with van der Waals surface area (Å²) >= 11 is 0. The van der Waals surface area contributed by atoms with Crippen molar-refractivity contribution in [3.05, 3.63) is 0 Å². The Morgan fingerprint density at radius 1 is 1.54 bits per heavy atom. The van der Waals surface area contributed by atoms with Crippen LogP contribution in [0.5, 0.6) is 0 Å². The second-order valence-corrected chi connectivity index (χ2v) is 3.77. The van der Waals surface area contributed by atoms with Crippen LogP contribution in [0, 0.1) is 5.92 Å². The summed E-state index contributed by atoms with van der Waals surface area (Å²) in [4.78, 5) is 0. The van der Waals surface area contributed by atoms with E-state index in [-0.39, 0.29) is 6.10 Å². The lowest BCUT2D eigenvalue weighted by Gasteiger charge is -2.11. The average molecular weight is 187 g/mol. The van der Waals surface area contributed by atoms with Crippen molar-refractivity contribution in [1.29, 1.82) is 0 Å². The minimum Gasteiger partial charge on any atom is -0.379 e. The first-order chi connectivity index (χ1) is 6.33. The Bertz CT molecular complexity index is 124. The van der Waals surface area contributed by atoms with Crippen LogP contribution in [-0.4, -0.2) is 39.5 Å². The molecule has 1 rings (SSSR count). The van der Waals surface area contributed by atoms with Crippen LogP contribution in [-0.2, 0) is 9.47 Å². The molecule has 1 heterocycles. The molecule has 2 unspecified atom stereocenters. The van der Waals surface area contributed by atoms with Gasteiger partial charge >= 0.3 is 0 Å². The molecule has 1 aliphatic heterocycles. The van der Waals surface area contributed by atoms with E-state index in [0.29, 0.717) is 0 Å². The first kappa shape index (κ1) is 11.0. The van der Waals surface area contributed by atoms with Gasteiger partial charge in [-0.15, -0.1) is 0 Å². The molecule has 1 N–H and O–H groups in total. The van der Waals surface area contributed by atoms with Gasteiger partial charge in [-0.2, -0.15) is 0 Å². The van der Waals surface area contributed by atoms with Gasteiger partial charge in [0.25, 0.3) is 0 Å². The van der Waals surface area contributed by atoms with E-state index in [4.69, 9.17) is 9.47 Å².